The molecule has 1 atom stereocenters. The lowest BCUT2D eigenvalue weighted by Crippen LogP contribution is -2.50. The number of aromatic nitrogens is 3. The molecule has 23 heavy (non-hydrogen) atoms. The first-order valence-corrected chi connectivity index (χ1v) is 8.09. The second kappa shape index (κ2) is 5.67. The van der Waals surface area contributed by atoms with Crippen LogP contribution in [-0.4, -0.2) is 38.8 Å². The quantitative estimate of drug-likeness (QED) is 0.788. The largest absolute Gasteiger partial charge is 0.394 e. The topological polar surface area (TPSA) is 54.2 Å². The van der Waals surface area contributed by atoms with E-state index in [4.69, 9.17) is 28.2 Å². The van der Waals surface area contributed by atoms with Crippen LogP contribution in [0.4, 0.5) is 5.82 Å². The normalized spacial score (nSPS) is 17.5. The van der Waals surface area contributed by atoms with Gasteiger partial charge >= 0.3 is 0 Å². The Morgan fingerprint density at radius 1 is 1.30 bits per heavy atom. The molecular formula is C16H14Cl2N4O. The molecule has 0 aliphatic carbocycles. The van der Waals surface area contributed by atoms with Crippen molar-refractivity contribution in [1.29, 1.82) is 0 Å². The van der Waals surface area contributed by atoms with E-state index in [-0.39, 0.29) is 12.6 Å². The summed E-state index contributed by atoms with van der Waals surface area (Å²) in [5.41, 5.74) is 1.59. The lowest BCUT2D eigenvalue weighted by molar-refractivity contribution is 0.225. The molecule has 0 spiro atoms. The number of nitrogens with zero attached hydrogens (tertiary/aromatic N) is 4. The van der Waals surface area contributed by atoms with E-state index in [1.54, 1.807) is 18.6 Å². The first kappa shape index (κ1) is 14.8. The van der Waals surface area contributed by atoms with Gasteiger partial charge in [0.2, 0.25) is 0 Å². The van der Waals surface area contributed by atoms with Crippen LogP contribution in [0, 0.1) is 0 Å². The zero-order valence-corrected chi connectivity index (χ0v) is 13.7. The number of benzene rings is 1. The predicted octanol–water partition coefficient (Wildman–Crippen LogP) is 3.30. The number of hydrogen-bond donors (Lipinski definition) is 1. The van der Waals surface area contributed by atoms with Crippen molar-refractivity contribution < 1.29 is 5.11 Å². The predicted molar refractivity (Wildman–Crippen MR) is 91.7 cm³/mol. The summed E-state index contributed by atoms with van der Waals surface area (Å²) in [5, 5.41) is 11.3. The number of fused-ring (bicyclic) bond motifs is 1. The number of hydrogen-bond acceptors (Lipinski definition) is 4. The summed E-state index contributed by atoms with van der Waals surface area (Å²) in [4.78, 5) is 10.9. The fraction of sp³-hybridized carbons (Fsp3) is 0.250. The van der Waals surface area contributed by atoms with Gasteiger partial charge in [0.25, 0.3) is 0 Å². The van der Waals surface area contributed by atoms with Gasteiger partial charge < -0.3 is 14.6 Å². The van der Waals surface area contributed by atoms with Gasteiger partial charge in [-0.25, -0.2) is 9.97 Å². The highest BCUT2D eigenvalue weighted by Crippen LogP contribution is 2.36. The third-order valence-corrected chi connectivity index (χ3v) is 5.06. The highest BCUT2D eigenvalue weighted by atomic mass is 35.5. The minimum Gasteiger partial charge on any atom is -0.394 e. The fourth-order valence-corrected chi connectivity index (χ4v) is 3.26. The standard InChI is InChI=1S/C16H14Cl2N4O/c17-12-2-1-11-13(21-6-4-19-9-21)7-14(20-16(11)15(12)18)22-5-3-10(22)8-23/h1-2,4,6-7,9-10,23H,3,5,8H2/t10-/m0/s1. The smallest absolute Gasteiger partial charge is 0.131 e. The molecule has 118 valence electrons. The zero-order valence-electron chi connectivity index (χ0n) is 12.2. The van der Waals surface area contributed by atoms with Crippen LogP contribution in [0.1, 0.15) is 6.42 Å². The lowest BCUT2D eigenvalue weighted by Gasteiger charge is -2.41. The van der Waals surface area contributed by atoms with Crippen molar-refractivity contribution in [1.82, 2.24) is 14.5 Å². The summed E-state index contributed by atoms with van der Waals surface area (Å²) >= 11 is 12.5. The van der Waals surface area contributed by atoms with Gasteiger partial charge in [0.05, 0.1) is 40.2 Å². The average Bonchev–Trinajstić information content (AvgIpc) is 3.04. The molecule has 1 aromatic carbocycles. The molecule has 1 fully saturated rings. The first-order chi connectivity index (χ1) is 11.2. The molecular weight excluding hydrogens is 335 g/mol. The summed E-state index contributed by atoms with van der Waals surface area (Å²) in [6, 6.07) is 5.79. The molecule has 0 radical (unpaired) electrons. The summed E-state index contributed by atoms with van der Waals surface area (Å²) in [6.07, 6.45) is 6.30. The molecule has 0 bridgehead atoms. The number of rotatable bonds is 3. The Bertz CT molecular complexity index is 864. The number of aliphatic hydroxyl groups excluding tert-OH is 1. The Morgan fingerprint density at radius 3 is 2.83 bits per heavy atom. The van der Waals surface area contributed by atoms with Gasteiger partial charge in [-0.1, -0.05) is 23.2 Å². The second-order valence-corrected chi connectivity index (χ2v) is 6.33. The summed E-state index contributed by atoms with van der Waals surface area (Å²) in [7, 11) is 0. The van der Waals surface area contributed by atoms with Crippen LogP contribution in [0.2, 0.25) is 10.0 Å². The zero-order chi connectivity index (χ0) is 16.0. The minimum atomic E-state index is 0.105. The van der Waals surface area contributed by atoms with E-state index >= 15 is 0 Å². The monoisotopic (exact) mass is 348 g/mol. The molecule has 3 aromatic rings. The Kier molecular flexibility index (Phi) is 3.64. The second-order valence-electron chi connectivity index (χ2n) is 5.55. The first-order valence-electron chi connectivity index (χ1n) is 7.33. The van der Waals surface area contributed by atoms with Crippen molar-refractivity contribution in [3.63, 3.8) is 0 Å². The van der Waals surface area contributed by atoms with Gasteiger partial charge in [-0.15, -0.1) is 0 Å². The van der Waals surface area contributed by atoms with Crippen molar-refractivity contribution >= 4 is 39.9 Å². The van der Waals surface area contributed by atoms with Crippen LogP contribution in [0.15, 0.2) is 36.9 Å². The van der Waals surface area contributed by atoms with E-state index in [2.05, 4.69) is 9.88 Å². The van der Waals surface area contributed by atoms with E-state index in [1.807, 2.05) is 22.9 Å². The molecule has 1 saturated heterocycles. The Morgan fingerprint density at radius 2 is 2.17 bits per heavy atom. The molecule has 1 aliphatic rings. The van der Waals surface area contributed by atoms with Gasteiger partial charge in [0.1, 0.15) is 5.82 Å². The van der Waals surface area contributed by atoms with Gasteiger partial charge in [0.15, 0.2) is 0 Å². The Hall–Kier alpha value is -1.82. The van der Waals surface area contributed by atoms with Crippen LogP contribution in [0.5, 0.6) is 0 Å². The third-order valence-electron chi connectivity index (χ3n) is 4.27. The highest BCUT2D eigenvalue weighted by molar-refractivity contribution is 6.45. The highest BCUT2D eigenvalue weighted by Gasteiger charge is 2.29. The summed E-state index contributed by atoms with van der Waals surface area (Å²) < 4.78 is 1.92. The molecule has 2 aromatic heterocycles. The van der Waals surface area contributed by atoms with Crippen LogP contribution in [0.25, 0.3) is 16.6 Å². The fourth-order valence-electron chi connectivity index (χ4n) is 2.90. The van der Waals surface area contributed by atoms with Crippen LogP contribution in [-0.2, 0) is 0 Å². The maximum Gasteiger partial charge on any atom is 0.131 e. The number of halogens is 2. The summed E-state index contributed by atoms with van der Waals surface area (Å²) in [5.74, 6) is 0.788. The SMILES string of the molecule is OC[C@@H]1CCN1c1cc(-n2ccnc2)c2ccc(Cl)c(Cl)c2n1. The van der Waals surface area contributed by atoms with E-state index < -0.39 is 0 Å². The molecule has 1 aliphatic heterocycles. The van der Waals surface area contributed by atoms with Gasteiger partial charge in [-0.3, -0.25) is 0 Å². The van der Waals surface area contributed by atoms with Crippen molar-refractivity contribution in [3.8, 4) is 5.69 Å². The molecule has 0 saturated carbocycles. The number of imidazole rings is 1. The van der Waals surface area contributed by atoms with Crippen molar-refractivity contribution in [3.05, 3.63) is 47.0 Å². The molecule has 7 heteroatoms. The number of aliphatic hydroxyl groups is 1. The molecule has 4 rings (SSSR count). The third kappa shape index (κ3) is 2.36. The van der Waals surface area contributed by atoms with Crippen molar-refractivity contribution in [2.24, 2.45) is 0 Å². The average molecular weight is 349 g/mol. The van der Waals surface area contributed by atoms with Crippen LogP contribution >= 0.6 is 23.2 Å². The summed E-state index contributed by atoms with van der Waals surface area (Å²) in [6.45, 7) is 0.981. The Balaban J connectivity index is 1.97. The number of pyridine rings is 1. The molecule has 0 amide bonds. The van der Waals surface area contributed by atoms with Crippen molar-refractivity contribution in [2.75, 3.05) is 18.1 Å². The van der Waals surface area contributed by atoms with Gasteiger partial charge in [0, 0.05) is 30.4 Å². The van der Waals surface area contributed by atoms with E-state index in [1.165, 1.54) is 0 Å². The lowest BCUT2D eigenvalue weighted by atomic mass is 10.0. The maximum absolute atomic E-state index is 9.45. The minimum absolute atomic E-state index is 0.105. The molecule has 1 N–H and O–H groups in total. The van der Waals surface area contributed by atoms with E-state index in [0.717, 1.165) is 29.9 Å². The van der Waals surface area contributed by atoms with Gasteiger partial charge in [-0.2, -0.15) is 0 Å². The van der Waals surface area contributed by atoms with Crippen LogP contribution < -0.4 is 4.90 Å². The van der Waals surface area contributed by atoms with Crippen molar-refractivity contribution in [2.45, 2.75) is 12.5 Å². The molecule has 0 unspecified atom stereocenters. The molecule has 3 heterocycles. The Labute approximate surface area is 143 Å². The van der Waals surface area contributed by atoms with Crippen LogP contribution in [0.3, 0.4) is 0 Å². The molecule has 5 nitrogen and oxygen atoms in total. The number of anilines is 1. The van der Waals surface area contributed by atoms with Gasteiger partial charge in [-0.05, 0) is 18.6 Å². The van der Waals surface area contributed by atoms with E-state index in [9.17, 15) is 5.11 Å². The maximum atomic E-state index is 9.45. The van der Waals surface area contributed by atoms with E-state index in [0.29, 0.717) is 15.6 Å².